The Morgan fingerprint density at radius 3 is 3.00 bits per heavy atom. The van der Waals surface area contributed by atoms with Gasteiger partial charge < -0.3 is 9.26 Å². The van der Waals surface area contributed by atoms with Gasteiger partial charge in [-0.1, -0.05) is 29.4 Å². The predicted octanol–water partition coefficient (Wildman–Crippen LogP) is 2.29. The fraction of sp³-hybridized carbons (Fsp3) is 0.182. The number of fused-ring (bicyclic) bond motifs is 1. The van der Waals surface area contributed by atoms with Crippen LogP contribution < -0.4 is 0 Å². The zero-order valence-corrected chi connectivity index (χ0v) is 7.51. The van der Waals surface area contributed by atoms with Crippen molar-refractivity contribution in [2.24, 2.45) is 0 Å². The van der Waals surface area contributed by atoms with Crippen LogP contribution >= 0.6 is 0 Å². The zero-order valence-electron chi connectivity index (χ0n) is 7.51. The maximum atomic E-state index is 5.65. The summed E-state index contributed by atoms with van der Waals surface area (Å²) in [6.07, 6.45) is 1.52. The summed E-state index contributed by atoms with van der Waals surface area (Å²) in [6, 6.07) is 10.0. The minimum Gasteiger partial charge on any atom is -0.364 e. The average Bonchev–Trinajstić information content (AvgIpc) is 2.85. The lowest BCUT2D eigenvalue weighted by atomic mass is 10.0. The molecule has 2 aromatic rings. The minimum atomic E-state index is -0.0510. The molecule has 1 aliphatic heterocycles. The Labute approximate surface area is 81.3 Å². The summed E-state index contributed by atoms with van der Waals surface area (Å²) >= 11 is 0. The molecule has 3 heteroatoms. The van der Waals surface area contributed by atoms with Gasteiger partial charge in [-0.05, 0) is 11.1 Å². The van der Waals surface area contributed by atoms with Crippen molar-refractivity contribution >= 4 is 0 Å². The van der Waals surface area contributed by atoms with Gasteiger partial charge in [-0.25, -0.2) is 0 Å². The Bertz CT molecular complexity index is 436. The topological polar surface area (TPSA) is 35.3 Å². The van der Waals surface area contributed by atoms with E-state index in [1.165, 1.54) is 11.1 Å². The highest BCUT2D eigenvalue weighted by molar-refractivity contribution is 5.35. The first-order chi connectivity index (χ1) is 6.95. The van der Waals surface area contributed by atoms with E-state index in [2.05, 4.69) is 17.3 Å². The number of nitrogens with zero attached hydrogens (tertiary/aromatic N) is 1. The van der Waals surface area contributed by atoms with E-state index in [0.717, 1.165) is 5.69 Å². The molecule has 14 heavy (non-hydrogen) atoms. The molecule has 0 saturated carbocycles. The summed E-state index contributed by atoms with van der Waals surface area (Å²) in [6.45, 7) is 0.660. The first kappa shape index (κ1) is 7.76. The highest BCUT2D eigenvalue weighted by Gasteiger charge is 2.25. The summed E-state index contributed by atoms with van der Waals surface area (Å²) in [5.74, 6) is 0. The number of hydrogen-bond donors (Lipinski definition) is 0. The van der Waals surface area contributed by atoms with E-state index in [1.54, 1.807) is 6.26 Å². The number of ether oxygens (including phenoxy) is 1. The monoisotopic (exact) mass is 187 g/mol. The van der Waals surface area contributed by atoms with Gasteiger partial charge in [-0.3, -0.25) is 0 Å². The lowest BCUT2D eigenvalue weighted by Gasteiger charge is -2.05. The van der Waals surface area contributed by atoms with E-state index in [-0.39, 0.29) is 6.10 Å². The first-order valence-corrected chi connectivity index (χ1v) is 4.55. The van der Waals surface area contributed by atoms with Gasteiger partial charge in [-0.15, -0.1) is 0 Å². The van der Waals surface area contributed by atoms with Crippen LogP contribution in [0.1, 0.15) is 22.9 Å². The van der Waals surface area contributed by atoms with E-state index >= 15 is 0 Å². The summed E-state index contributed by atoms with van der Waals surface area (Å²) in [4.78, 5) is 0. The van der Waals surface area contributed by atoms with E-state index < -0.39 is 0 Å². The van der Waals surface area contributed by atoms with Crippen LogP contribution in [-0.2, 0) is 11.3 Å². The van der Waals surface area contributed by atoms with Crippen LogP contribution in [0.25, 0.3) is 0 Å². The summed E-state index contributed by atoms with van der Waals surface area (Å²) in [5.41, 5.74) is 3.27. The van der Waals surface area contributed by atoms with Gasteiger partial charge in [0.15, 0.2) is 0 Å². The lowest BCUT2D eigenvalue weighted by Crippen LogP contribution is -1.97. The number of rotatable bonds is 1. The molecule has 0 bridgehead atoms. The van der Waals surface area contributed by atoms with E-state index in [0.29, 0.717) is 6.61 Å². The number of hydrogen-bond acceptors (Lipinski definition) is 3. The second-order valence-corrected chi connectivity index (χ2v) is 3.31. The third kappa shape index (κ3) is 1.06. The molecule has 3 nitrogen and oxygen atoms in total. The molecule has 1 aliphatic rings. The molecule has 0 radical (unpaired) electrons. The standard InChI is InChI=1S/C11H9NO2/c1-2-4-9-8(3-1)7-13-11(9)10-5-6-14-12-10/h1-6,11H,7H2. The average molecular weight is 187 g/mol. The normalized spacial score (nSPS) is 19.6. The quantitative estimate of drug-likeness (QED) is 0.687. The van der Waals surface area contributed by atoms with Crippen molar-refractivity contribution in [1.82, 2.24) is 5.16 Å². The van der Waals surface area contributed by atoms with Crippen molar-refractivity contribution in [2.75, 3.05) is 0 Å². The predicted molar refractivity (Wildman–Crippen MR) is 49.6 cm³/mol. The van der Waals surface area contributed by atoms with Gasteiger partial charge >= 0.3 is 0 Å². The SMILES string of the molecule is c1ccc2c(c1)COC2c1ccon1. The molecule has 1 aromatic carbocycles. The van der Waals surface area contributed by atoms with Crippen molar-refractivity contribution in [3.63, 3.8) is 0 Å². The van der Waals surface area contributed by atoms with E-state index in [1.807, 2.05) is 18.2 Å². The summed E-state index contributed by atoms with van der Waals surface area (Å²) in [5, 5.41) is 3.90. The van der Waals surface area contributed by atoms with Crippen molar-refractivity contribution < 1.29 is 9.26 Å². The maximum absolute atomic E-state index is 5.65. The van der Waals surface area contributed by atoms with Gasteiger partial charge in [0.25, 0.3) is 0 Å². The molecular weight excluding hydrogens is 178 g/mol. The lowest BCUT2D eigenvalue weighted by molar-refractivity contribution is 0.0886. The highest BCUT2D eigenvalue weighted by atomic mass is 16.5. The van der Waals surface area contributed by atoms with Crippen molar-refractivity contribution in [2.45, 2.75) is 12.7 Å². The summed E-state index contributed by atoms with van der Waals surface area (Å²) in [7, 11) is 0. The molecule has 0 fully saturated rings. The molecule has 0 N–H and O–H groups in total. The van der Waals surface area contributed by atoms with Gasteiger partial charge in [0.2, 0.25) is 0 Å². The van der Waals surface area contributed by atoms with Crippen molar-refractivity contribution in [3.8, 4) is 0 Å². The van der Waals surface area contributed by atoms with Crippen LogP contribution in [0.15, 0.2) is 41.1 Å². The highest BCUT2D eigenvalue weighted by Crippen LogP contribution is 2.34. The molecule has 0 aliphatic carbocycles. The number of aromatic nitrogens is 1. The van der Waals surface area contributed by atoms with Crippen LogP contribution in [0, 0.1) is 0 Å². The van der Waals surface area contributed by atoms with E-state index in [4.69, 9.17) is 9.26 Å². The molecular formula is C11H9NO2. The Kier molecular flexibility index (Phi) is 1.64. The molecule has 0 amide bonds. The molecule has 1 aromatic heterocycles. The zero-order chi connectivity index (χ0) is 9.38. The van der Waals surface area contributed by atoms with Crippen molar-refractivity contribution in [3.05, 3.63) is 53.4 Å². The molecule has 70 valence electrons. The van der Waals surface area contributed by atoms with Crippen molar-refractivity contribution in [1.29, 1.82) is 0 Å². The Morgan fingerprint density at radius 1 is 1.21 bits per heavy atom. The van der Waals surface area contributed by atoms with Gasteiger partial charge in [0.05, 0.1) is 6.61 Å². The molecule has 0 spiro atoms. The van der Waals surface area contributed by atoms with Crippen LogP contribution in [0.5, 0.6) is 0 Å². The Morgan fingerprint density at radius 2 is 2.14 bits per heavy atom. The van der Waals surface area contributed by atoms with Crippen LogP contribution in [-0.4, -0.2) is 5.16 Å². The van der Waals surface area contributed by atoms with E-state index in [9.17, 15) is 0 Å². The third-order valence-corrected chi connectivity index (χ3v) is 2.47. The fourth-order valence-electron chi connectivity index (χ4n) is 1.79. The van der Waals surface area contributed by atoms with Crippen LogP contribution in [0.4, 0.5) is 0 Å². The molecule has 1 unspecified atom stereocenters. The largest absolute Gasteiger partial charge is 0.364 e. The minimum absolute atomic E-state index is 0.0510. The van der Waals surface area contributed by atoms with Gasteiger partial charge in [0.1, 0.15) is 18.1 Å². The molecule has 1 atom stereocenters. The maximum Gasteiger partial charge on any atom is 0.129 e. The second-order valence-electron chi connectivity index (χ2n) is 3.31. The Balaban J connectivity index is 2.06. The third-order valence-electron chi connectivity index (χ3n) is 2.47. The number of benzene rings is 1. The van der Waals surface area contributed by atoms with Gasteiger partial charge in [-0.2, -0.15) is 0 Å². The molecule has 3 rings (SSSR count). The molecule has 0 saturated heterocycles. The summed E-state index contributed by atoms with van der Waals surface area (Å²) < 4.78 is 10.5. The smallest absolute Gasteiger partial charge is 0.129 e. The molecule has 2 heterocycles. The second kappa shape index (κ2) is 2.96. The Hall–Kier alpha value is -1.61. The first-order valence-electron chi connectivity index (χ1n) is 4.55. The van der Waals surface area contributed by atoms with Crippen LogP contribution in [0.2, 0.25) is 0 Å². The van der Waals surface area contributed by atoms with Gasteiger partial charge in [0, 0.05) is 6.07 Å². The van der Waals surface area contributed by atoms with Crippen LogP contribution in [0.3, 0.4) is 0 Å². The fourth-order valence-corrected chi connectivity index (χ4v) is 1.79.